The predicted molar refractivity (Wildman–Crippen MR) is 124 cm³/mol. The second kappa shape index (κ2) is 11.2. The molecule has 1 N–H and O–H groups in total. The van der Waals surface area contributed by atoms with Crippen molar-refractivity contribution in [3.05, 3.63) is 66.5 Å². The number of imidazole rings is 1. The highest BCUT2D eigenvalue weighted by Crippen LogP contribution is 2.27. The number of allylic oxidation sites excluding steroid dienone is 1. The number of hydrogen-bond donors (Lipinski definition) is 1. The van der Waals surface area contributed by atoms with Gasteiger partial charge in [-0.05, 0) is 42.7 Å². The van der Waals surface area contributed by atoms with E-state index in [1.807, 2.05) is 42.5 Å². The van der Waals surface area contributed by atoms with Crippen LogP contribution in [0.25, 0.3) is 11.0 Å². The molecule has 1 aromatic heterocycles. The lowest BCUT2D eigenvalue weighted by Crippen LogP contribution is -2.26. The van der Waals surface area contributed by atoms with Crippen LogP contribution >= 0.6 is 0 Å². The van der Waals surface area contributed by atoms with Gasteiger partial charge in [0.2, 0.25) is 5.91 Å². The van der Waals surface area contributed by atoms with E-state index in [2.05, 4.69) is 22.5 Å². The largest absolute Gasteiger partial charge is 0.493 e. The Balaban J connectivity index is 1.41. The number of aromatic nitrogens is 2. The molecule has 0 radical (unpaired) electrons. The van der Waals surface area contributed by atoms with Gasteiger partial charge in [-0.3, -0.25) is 4.79 Å². The molecule has 0 fully saturated rings. The van der Waals surface area contributed by atoms with Gasteiger partial charge in [0, 0.05) is 19.5 Å². The first-order valence-electron chi connectivity index (χ1n) is 10.7. The third-order valence-electron chi connectivity index (χ3n) is 5.26. The predicted octanol–water partition coefficient (Wildman–Crippen LogP) is 4.31. The van der Waals surface area contributed by atoms with E-state index < -0.39 is 0 Å². The van der Waals surface area contributed by atoms with Gasteiger partial charge in [0.25, 0.3) is 0 Å². The zero-order valence-corrected chi connectivity index (χ0v) is 18.4. The second-order valence-corrected chi connectivity index (χ2v) is 7.44. The Morgan fingerprint density at radius 3 is 2.68 bits per heavy atom. The molecule has 0 aliphatic heterocycles. The zero-order valence-electron chi connectivity index (χ0n) is 18.4. The minimum absolute atomic E-state index is 0.0139. The van der Waals surface area contributed by atoms with E-state index in [0.29, 0.717) is 24.5 Å². The summed E-state index contributed by atoms with van der Waals surface area (Å²) in [5, 5.41) is 3.00. The van der Waals surface area contributed by atoms with E-state index in [-0.39, 0.29) is 5.91 Å². The smallest absolute Gasteiger partial charge is 0.224 e. The van der Waals surface area contributed by atoms with E-state index in [1.165, 1.54) is 0 Å². The van der Waals surface area contributed by atoms with E-state index in [0.717, 1.165) is 54.6 Å². The summed E-state index contributed by atoms with van der Waals surface area (Å²) in [6.45, 7) is 5.31. The first kappa shape index (κ1) is 22.4. The molecule has 0 saturated carbocycles. The van der Waals surface area contributed by atoms with Crippen molar-refractivity contribution in [2.24, 2.45) is 0 Å². The van der Waals surface area contributed by atoms with Gasteiger partial charge in [0.15, 0.2) is 11.5 Å². The number of carbonyl (C=O) groups is 1. The number of unbranched alkanes of at least 4 members (excludes halogenated alkanes) is 2. The van der Waals surface area contributed by atoms with Crippen LogP contribution in [0.2, 0.25) is 0 Å². The average Bonchev–Trinajstić information content (AvgIpc) is 3.13. The molecule has 1 heterocycles. The second-order valence-electron chi connectivity index (χ2n) is 7.44. The molecule has 3 aromatic rings. The van der Waals surface area contributed by atoms with Crippen molar-refractivity contribution in [1.29, 1.82) is 0 Å². The van der Waals surface area contributed by atoms with Crippen LogP contribution in [0, 0.1) is 0 Å². The van der Waals surface area contributed by atoms with Crippen molar-refractivity contribution in [2.75, 3.05) is 20.8 Å². The molecule has 3 rings (SSSR count). The third kappa shape index (κ3) is 5.87. The number of amides is 1. The summed E-state index contributed by atoms with van der Waals surface area (Å²) in [6, 6.07) is 13.8. The maximum Gasteiger partial charge on any atom is 0.224 e. The number of benzene rings is 2. The number of fused-ring (bicyclic) bond motifs is 1. The summed E-state index contributed by atoms with van der Waals surface area (Å²) in [5.41, 5.74) is 3.08. The van der Waals surface area contributed by atoms with Crippen LogP contribution in [0.4, 0.5) is 0 Å². The fourth-order valence-corrected chi connectivity index (χ4v) is 3.70. The maximum atomic E-state index is 12.2. The first-order chi connectivity index (χ1) is 15.2. The molecule has 0 unspecified atom stereocenters. The van der Waals surface area contributed by atoms with Gasteiger partial charge in [-0.2, -0.15) is 0 Å². The number of aryl methyl sites for hydroxylation is 1. The summed E-state index contributed by atoms with van der Waals surface area (Å²) < 4.78 is 12.8. The highest BCUT2D eigenvalue weighted by atomic mass is 16.5. The summed E-state index contributed by atoms with van der Waals surface area (Å²) in [6.07, 6.45) is 6.17. The fraction of sp³-hybridized carbons (Fsp3) is 0.360. The van der Waals surface area contributed by atoms with Crippen molar-refractivity contribution in [3.8, 4) is 11.5 Å². The van der Waals surface area contributed by atoms with Gasteiger partial charge in [-0.15, -0.1) is 6.58 Å². The van der Waals surface area contributed by atoms with Gasteiger partial charge in [0.05, 0.1) is 31.7 Å². The number of ether oxygens (including phenoxy) is 2. The Morgan fingerprint density at radius 2 is 1.90 bits per heavy atom. The molecular formula is C25H31N3O3. The SMILES string of the molecule is C=CCn1c(CCCCCNC(=O)Cc2ccc(OC)c(OC)c2)nc2ccccc21. The van der Waals surface area contributed by atoms with Crippen molar-refractivity contribution < 1.29 is 14.3 Å². The van der Waals surface area contributed by atoms with Crippen molar-refractivity contribution >= 4 is 16.9 Å². The Bertz CT molecular complexity index is 1030. The van der Waals surface area contributed by atoms with Gasteiger partial charge < -0.3 is 19.4 Å². The number of nitrogens with zero attached hydrogens (tertiary/aromatic N) is 2. The number of nitrogens with one attached hydrogen (secondary N) is 1. The minimum atomic E-state index is 0.0139. The van der Waals surface area contributed by atoms with E-state index in [4.69, 9.17) is 14.5 Å². The fourth-order valence-electron chi connectivity index (χ4n) is 3.70. The van der Waals surface area contributed by atoms with Crippen molar-refractivity contribution in [1.82, 2.24) is 14.9 Å². The molecule has 6 heteroatoms. The number of rotatable bonds is 12. The molecule has 0 saturated heterocycles. The molecule has 31 heavy (non-hydrogen) atoms. The van der Waals surface area contributed by atoms with Crippen LogP contribution in [-0.2, 0) is 24.2 Å². The number of hydrogen-bond acceptors (Lipinski definition) is 4. The molecule has 0 atom stereocenters. The van der Waals surface area contributed by atoms with E-state index >= 15 is 0 Å². The quantitative estimate of drug-likeness (QED) is 0.350. The molecule has 0 aliphatic carbocycles. The summed E-state index contributed by atoms with van der Waals surface area (Å²) in [7, 11) is 3.19. The highest BCUT2D eigenvalue weighted by Gasteiger charge is 2.10. The molecule has 1 amide bonds. The normalized spacial score (nSPS) is 10.8. The van der Waals surface area contributed by atoms with Gasteiger partial charge in [-0.25, -0.2) is 4.98 Å². The molecule has 6 nitrogen and oxygen atoms in total. The topological polar surface area (TPSA) is 65.4 Å². The lowest BCUT2D eigenvalue weighted by Gasteiger charge is -2.10. The van der Waals surface area contributed by atoms with Gasteiger partial charge >= 0.3 is 0 Å². The van der Waals surface area contributed by atoms with Crippen LogP contribution in [0.1, 0.15) is 30.7 Å². The number of carbonyl (C=O) groups excluding carboxylic acids is 1. The van der Waals surface area contributed by atoms with E-state index in [1.54, 1.807) is 14.2 Å². The number of methoxy groups -OCH3 is 2. The molecule has 0 bridgehead atoms. The molecule has 0 aliphatic rings. The molecule has 2 aromatic carbocycles. The maximum absolute atomic E-state index is 12.2. The first-order valence-corrected chi connectivity index (χ1v) is 10.7. The Morgan fingerprint density at radius 1 is 1.10 bits per heavy atom. The Hall–Kier alpha value is -3.28. The third-order valence-corrected chi connectivity index (χ3v) is 5.26. The number of para-hydroxylation sites is 2. The lowest BCUT2D eigenvalue weighted by molar-refractivity contribution is -0.120. The standard InChI is InChI=1S/C25H31N3O3/c1-4-16-28-21-11-8-7-10-20(21)27-24(28)12-6-5-9-15-26-25(29)18-19-13-14-22(30-2)23(17-19)31-3/h4,7-8,10-11,13-14,17H,1,5-6,9,12,15-16,18H2,2-3H3,(H,26,29). The molecular weight excluding hydrogens is 390 g/mol. The Labute approximate surface area is 183 Å². The highest BCUT2D eigenvalue weighted by molar-refractivity contribution is 5.78. The van der Waals surface area contributed by atoms with E-state index in [9.17, 15) is 4.79 Å². The Kier molecular flexibility index (Phi) is 8.10. The van der Waals surface area contributed by atoms with Crippen LogP contribution in [0.3, 0.4) is 0 Å². The van der Waals surface area contributed by atoms with Crippen LogP contribution in [0.15, 0.2) is 55.1 Å². The van der Waals surface area contributed by atoms with Gasteiger partial charge in [-0.1, -0.05) is 30.7 Å². The molecule has 164 valence electrons. The van der Waals surface area contributed by atoms with Crippen LogP contribution in [-0.4, -0.2) is 36.2 Å². The molecule has 0 spiro atoms. The van der Waals surface area contributed by atoms with Crippen LogP contribution < -0.4 is 14.8 Å². The summed E-state index contributed by atoms with van der Waals surface area (Å²) >= 11 is 0. The minimum Gasteiger partial charge on any atom is -0.493 e. The van der Waals surface area contributed by atoms with Gasteiger partial charge in [0.1, 0.15) is 5.82 Å². The van der Waals surface area contributed by atoms with Crippen molar-refractivity contribution in [2.45, 2.75) is 38.6 Å². The van der Waals surface area contributed by atoms with Crippen LogP contribution in [0.5, 0.6) is 11.5 Å². The average molecular weight is 422 g/mol. The lowest BCUT2D eigenvalue weighted by atomic mass is 10.1. The van der Waals surface area contributed by atoms with Crippen molar-refractivity contribution in [3.63, 3.8) is 0 Å². The summed E-state index contributed by atoms with van der Waals surface area (Å²) in [4.78, 5) is 17.0. The zero-order chi connectivity index (χ0) is 22.1. The monoisotopic (exact) mass is 421 g/mol. The summed E-state index contributed by atoms with van der Waals surface area (Å²) in [5.74, 6) is 2.40.